The predicted molar refractivity (Wildman–Crippen MR) is 197 cm³/mol. The average molecular weight is 758 g/mol. The standard InChI is InChI=1S/C38H34F6N3O3PS/c1-48-29-9-15-32(16-10-29)51(33-17-11-30(49-2)12-18-33,34-19-13-31(50-3)14-20-34)45-24-35(25-7-5-4-6-8-25)47-36(52)46-28-22-26(37(39,40)41)21-27(23-28)38(42,43)44/h4-23,35H,24H2,1-3H3,(H2,46,47,52). The Morgan fingerprint density at radius 2 is 1.04 bits per heavy atom. The highest BCUT2D eigenvalue weighted by Crippen LogP contribution is 2.48. The maximum Gasteiger partial charge on any atom is 0.416 e. The van der Waals surface area contributed by atoms with Crippen molar-refractivity contribution in [3.05, 3.63) is 138 Å². The van der Waals surface area contributed by atoms with Crippen LogP contribution in [0.3, 0.4) is 0 Å². The summed E-state index contributed by atoms with van der Waals surface area (Å²) in [6.07, 6.45) is -10.0. The number of anilines is 1. The lowest BCUT2D eigenvalue weighted by Crippen LogP contribution is -2.34. The highest BCUT2D eigenvalue weighted by molar-refractivity contribution is 7.87. The fourth-order valence-electron chi connectivity index (χ4n) is 5.56. The normalized spacial score (nSPS) is 12.4. The molecule has 272 valence electrons. The average Bonchev–Trinajstić information content (AvgIpc) is 3.14. The number of hydrogen-bond donors (Lipinski definition) is 2. The van der Waals surface area contributed by atoms with Gasteiger partial charge in [-0.15, -0.1) is 0 Å². The third kappa shape index (κ3) is 8.89. The topological polar surface area (TPSA) is 64.1 Å². The molecule has 52 heavy (non-hydrogen) atoms. The zero-order chi connectivity index (χ0) is 37.5. The molecular weight excluding hydrogens is 723 g/mol. The van der Waals surface area contributed by atoms with Gasteiger partial charge in [0.05, 0.1) is 52.1 Å². The molecule has 0 aliphatic carbocycles. The SMILES string of the molecule is COc1ccc(P(=NCC(NC(=S)Nc2cc(C(F)(F)F)cc(C(F)(F)F)c2)c2ccccc2)(c2ccc(OC)cc2)c2ccc(OC)cc2)cc1. The van der Waals surface area contributed by atoms with Gasteiger partial charge in [-0.1, -0.05) is 30.3 Å². The van der Waals surface area contributed by atoms with Crippen LogP contribution in [0.25, 0.3) is 0 Å². The zero-order valence-electron chi connectivity index (χ0n) is 28.1. The molecule has 0 radical (unpaired) electrons. The monoisotopic (exact) mass is 757 g/mol. The van der Waals surface area contributed by atoms with Crippen LogP contribution in [0.15, 0.2) is 126 Å². The van der Waals surface area contributed by atoms with E-state index in [0.717, 1.165) is 21.5 Å². The van der Waals surface area contributed by atoms with E-state index in [1.807, 2.05) is 103 Å². The fourth-order valence-corrected chi connectivity index (χ4v) is 9.36. The molecule has 6 nitrogen and oxygen atoms in total. The third-order valence-corrected chi connectivity index (χ3v) is 12.1. The Bertz CT molecular complexity index is 1870. The number of benzene rings is 5. The van der Waals surface area contributed by atoms with Crippen molar-refractivity contribution in [1.82, 2.24) is 5.32 Å². The van der Waals surface area contributed by atoms with E-state index in [9.17, 15) is 26.3 Å². The highest BCUT2D eigenvalue weighted by atomic mass is 32.1. The van der Waals surface area contributed by atoms with Crippen molar-refractivity contribution >= 4 is 46.0 Å². The van der Waals surface area contributed by atoms with Crippen molar-refractivity contribution in [1.29, 1.82) is 0 Å². The van der Waals surface area contributed by atoms with Crippen LogP contribution in [0.5, 0.6) is 17.2 Å². The van der Waals surface area contributed by atoms with Gasteiger partial charge in [0.2, 0.25) is 0 Å². The molecule has 14 heteroatoms. The van der Waals surface area contributed by atoms with Gasteiger partial charge in [0.15, 0.2) is 5.11 Å². The lowest BCUT2D eigenvalue weighted by Gasteiger charge is -2.29. The van der Waals surface area contributed by atoms with Crippen molar-refractivity contribution in [2.24, 2.45) is 4.74 Å². The number of nitrogens with one attached hydrogen (secondary N) is 2. The van der Waals surface area contributed by atoms with Crippen LogP contribution < -0.4 is 40.8 Å². The van der Waals surface area contributed by atoms with E-state index < -0.39 is 42.3 Å². The van der Waals surface area contributed by atoms with Crippen LogP contribution in [0.4, 0.5) is 32.0 Å². The number of hydrogen-bond acceptors (Lipinski definition) is 5. The number of ether oxygens (including phenoxy) is 3. The molecule has 1 unspecified atom stereocenters. The van der Waals surface area contributed by atoms with Gasteiger partial charge in [0.25, 0.3) is 0 Å². The van der Waals surface area contributed by atoms with E-state index >= 15 is 0 Å². The van der Waals surface area contributed by atoms with E-state index in [-0.39, 0.29) is 17.7 Å². The summed E-state index contributed by atoms with van der Waals surface area (Å²) in [7, 11) is 1.85. The van der Waals surface area contributed by atoms with Gasteiger partial charge in [0.1, 0.15) is 17.2 Å². The molecule has 0 saturated heterocycles. The minimum Gasteiger partial charge on any atom is -0.497 e. The van der Waals surface area contributed by atoms with Crippen molar-refractivity contribution in [2.75, 3.05) is 33.2 Å². The first kappa shape index (κ1) is 38.2. The summed E-state index contributed by atoms with van der Waals surface area (Å²) in [6, 6.07) is 32.5. The largest absolute Gasteiger partial charge is 0.497 e. The molecule has 0 bridgehead atoms. The van der Waals surface area contributed by atoms with E-state index in [1.54, 1.807) is 21.3 Å². The van der Waals surface area contributed by atoms with Gasteiger partial charge in [-0.25, -0.2) is 0 Å². The third-order valence-electron chi connectivity index (χ3n) is 8.17. The molecule has 0 aliphatic heterocycles. The van der Waals surface area contributed by atoms with Gasteiger partial charge in [-0.3, -0.25) is 4.74 Å². The molecule has 0 spiro atoms. The van der Waals surface area contributed by atoms with Gasteiger partial charge < -0.3 is 24.8 Å². The quantitative estimate of drug-likeness (QED) is 0.0798. The Kier molecular flexibility index (Phi) is 11.9. The minimum absolute atomic E-state index is 0.0636. The Hall–Kier alpha value is -5.00. The molecule has 0 aromatic heterocycles. The summed E-state index contributed by atoms with van der Waals surface area (Å²) in [4.78, 5) is 0. The first-order valence-electron chi connectivity index (χ1n) is 15.7. The summed E-state index contributed by atoms with van der Waals surface area (Å²) in [6.45, 7) is 0.0834. The molecule has 0 heterocycles. The Morgan fingerprint density at radius 1 is 0.635 bits per heavy atom. The highest BCUT2D eigenvalue weighted by Gasteiger charge is 2.37. The molecule has 0 aliphatic rings. The fraction of sp³-hybridized carbons (Fsp3) is 0.184. The number of rotatable bonds is 11. The first-order chi connectivity index (χ1) is 24.8. The summed E-state index contributed by atoms with van der Waals surface area (Å²) in [5.41, 5.74) is -2.67. The Balaban J connectivity index is 1.63. The van der Waals surface area contributed by atoms with Gasteiger partial charge in [-0.2, -0.15) is 26.3 Å². The van der Waals surface area contributed by atoms with Gasteiger partial charge in [-0.05, 0) is 109 Å². The van der Waals surface area contributed by atoms with Crippen LogP contribution >= 0.6 is 19.3 Å². The van der Waals surface area contributed by atoms with Crippen LogP contribution in [0.2, 0.25) is 0 Å². The number of nitrogens with zero attached hydrogens (tertiary/aromatic N) is 1. The number of methoxy groups -OCH3 is 3. The molecular formula is C38H34F6N3O3PS. The summed E-state index contributed by atoms with van der Waals surface area (Å²) in [5, 5.41) is 8.12. The van der Waals surface area contributed by atoms with Crippen molar-refractivity contribution in [3.8, 4) is 17.2 Å². The first-order valence-corrected chi connectivity index (χ1v) is 17.9. The van der Waals surface area contributed by atoms with Gasteiger partial charge >= 0.3 is 12.4 Å². The van der Waals surface area contributed by atoms with Crippen molar-refractivity contribution < 1.29 is 40.6 Å². The van der Waals surface area contributed by atoms with Crippen molar-refractivity contribution in [2.45, 2.75) is 18.4 Å². The maximum absolute atomic E-state index is 13.6. The van der Waals surface area contributed by atoms with Gasteiger partial charge in [0, 0.05) is 21.6 Å². The van der Waals surface area contributed by atoms with Crippen molar-refractivity contribution in [3.63, 3.8) is 0 Å². The number of alkyl halides is 6. The Morgan fingerprint density at radius 3 is 1.40 bits per heavy atom. The van der Waals surface area contributed by atoms with E-state index in [1.165, 1.54) is 0 Å². The van der Waals surface area contributed by atoms with Crippen LogP contribution in [0.1, 0.15) is 22.7 Å². The molecule has 2 N–H and O–H groups in total. The summed E-state index contributed by atoms with van der Waals surface area (Å²) < 4.78 is 103. The molecule has 5 aromatic carbocycles. The Labute approximate surface area is 302 Å². The molecule has 5 aromatic rings. The smallest absolute Gasteiger partial charge is 0.416 e. The van der Waals surface area contributed by atoms with E-state index in [0.29, 0.717) is 29.4 Å². The van der Waals surface area contributed by atoms with E-state index in [4.69, 9.17) is 31.2 Å². The second-order valence-electron chi connectivity index (χ2n) is 11.4. The molecule has 5 rings (SSSR count). The second-order valence-corrected chi connectivity index (χ2v) is 14.9. The van der Waals surface area contributed by atoms with E-state index in [2.05, 4.69) is 10.6 Å². The molecule has 0 fully saturated rings. The minimum atomic E-state index is -5.02. The van der Waals surface area contributed by atoms with Crippen LogP contribution in [-0.4, -0.2) is 33.0 Å². The summed E-state index contributed by atoms with van der Waals surface area (Å²) in [5.74, 6) is 1.94. The zero-order valence-corrected chi connectivity index (χ0v) is 29.8. The lowest BCUT2D eigenvalue weighted by atomic mass is 10.1. The molecule has 0 amide bonds. The summed E-state index contributed by atoms with van der Waals surface area (Å²) >= 11 is 5.50. The molecule has 0 saturated carbocycles. The van der Waals surface area contributed by atoms with Crippen LogP contribution in [-0.2, 0) is 12.4 Å². The maximum atomic E-state index is 13.6. The molecule has 1 atom stereocenters. The number of halogens is 6. The van der Waals surface area contributed by atoms with Crippen LogP contribution in [0, 0.1) is 0 Å². The number of thiocarbonyl (C=S) groups is 1. The second kappa shape index (κ2) is 16.1. The predicted octanol–water partition coefficient (Wildman–Crippen LogP) is 8.96. The lowest BCUT2D eigenvalue weighted by molar-refractivity contribution is -0.143.